The van der Waals surface area contributed by atoms with Gasteiger partial charge in [-0.25, -0.2) is 9.78 Å². The Labute approximate surface area is 110 Å². The summed E-state index contributed by atoms with van der Waals surface area (Å²) >= 11 is 0. The summed E-state index contributed by atoms with van der Waals surface area (Å²) in [6.07, 6.45) is 3.28. The molecule has 0 atom stereocenters. The predicted octanol–water partition coefficient (Wildman–Crippen LogP) is 1.87. The fourth-order valence-electron chi connectivity index (χ4n) is 1.66. The van der Waals surface area contributed by atoms with Gasteiger partial charge in [0.25, 0.3) is 0 Å². The summed E-state index contributed by atoms with van der Waals surface area (Å²) in [7, 11) is 0. The summed E-state index contributed by atoms with van der Waals surface area (Å²) in [4.78, 5) is 15.7. The van der Waals surface area contributed by atoms with Crippen molar-refractivity contribution in [1.29, 1.82) is 5.41 Å². The molecule has 100 valence electrons. The minimum atomic E-state index is -0.451. The van der Waals surface area contributed by atoms with E-state index in [1.165, 1.54) is 0 Å². The Hall–Kier alpha value is -2.37. The average Bonchev–Trinajstić information content (AvgIpc) is 2.82. The van der Waals surface area contributed by atoms with Gasteiger partial charge < -0.3 is 13.9 Å². The first-order valence-corrected chi connectivity index (χ1v) is 6.03. The van der Waals surface area contributed by atoms with E-state index in [2.05, 4.69) is 4.98 Å². The Bertz CT molecular complexity index is 603. The lowest BCUT2D eigenvalue weighted by Gasteiger charge is -2.04. The number of aromatic nitrogens is 2. The van der Waals surface area contributed by atoms with Crippen molar-refractivity contribution in [2.45, 2.75) is 13.8 Å². The number of nitrogens with one attached hydrogen (secondary N) is 1. The van der Waals surface area contributed by atoms with Gasteiger partial charge in [0.15, 0.2) is 5.69 Å². The number of pyridine rings is 1. The lowest BCUT2D eigenvalue weighted by Crippen LogP contribution is -2.05. The molecule has 2 aromatic heterocycles. The summed E-state index contributed by atoms with van der Waals surface area (Å²) in [5.41, 5.74) is 1.50. The van der Waals surface area contributed by atoms with Gasteiger partial charge in [-0.05, 0) is 26.0 Å². The van der Waals surface area contributed by atoms with E-state index in [1.807, 2.05) is 6.92 Å². The van der Waals surface area contributed by atoms with E-state index in [0.717, 1.165) is 0 Å². The number of fused-ring (bicyclic) bond motifs is 1. The largest absolute Gasteiger partial charge is 0.478 e. The first-order chi connectivity index (χ1) is 9.15. The fourth-order valence-corrected chi connectivity index (χ4v) is 1.66. The van der Waals surface area contributed by atoms with Gasteiger partial charge >= 0.3 is 5.97 Å². The standard InChI is InChI=1S/C13H15N3O3/c1-3-18-12(14)9-5-6-11-15-10(8-16(11)7-9)13(17)19-4-2/h5-8,14H,3-4H2,1-2H3. The van der Waals surface area contributed by atoms with E-state index < -0.39 is 5.97 Å². The Kier molecular flexibility index (Phi) is 3.79. The normalized spacial score (nSPS) is 10.4. The molecule has 0 aliphatic rings. The van der Waals surface area contributed by atoms with Crippen LogP contribution in [-0.2, 0) is 9.47 Å². The molecule has 0 saturated carbocycles. The number of esters is 1. The number of carbonyl (C=O) groups excluding carboxylic acids is 1. The first kappa shape index (κ1) is 13.1. The van der Waals surface area contributed by atoms with Crippen LogP contribution in [0.3, 0.4) is 0 Å². The number of hydrogen-bond donors (Lipinski definition) is 1. The zero-order chi connectivity index (χ0) is 13.8. The number of hydrogen-bond acceptors (Lipinski definition) is 5. The van der Waals surface area contributed by atoms with Crippen LogP contribution in [0, 0.1) is 5.41 Å². The molecule has 6 nitrogen and oxygen atoms in total. The van der Waals surface area contributed by atoms with Crippen LogP contribution < -0.4 is 0 Å². The Morgan fingerprint density at radius 1 is 1.26 bits per heavy atom. The predicted molar refractivity (Wildman–Crippen MR) is 69.6 cm³/mol. The Balaban J connectivity index is 2.33. The van der Waals surface area contributed by atoms with E-state index in [9.17, 15) is 4.79 Å². The van der Waals surface area contributed by atoms with E-state index >= 15 is 0 Å². The SMILES string of the molecule is CCOC(=N)c1ccc2nc(C(=O)OCC)cn2c1. The molecule has 2 aromatic rings. The third-order valence-electron chi connectivity index (χ3n) is 2.49. The van der Waals surface area contributed by atoms with Crippen molar-refractivity contribution in [2.75, 3.05) is 13.2 Å². The maximum Gasteiger partial charge on any atom is 0.358 e. The lowest BCUT2D eigenvalue weighted by atomic mass is 10.3. The van der Waals surface area contributed by atoms with Crippen LogP contribution >= 0.6 is 0 Å². The molecule has 0 bridgehead atoms. The Morgan fingerprint density at radius 2 is 2.00 bits per heavy atom. The topological polar surface area (TPSA) is 76.7 Å². The third kappa shape index (κ3) is 2.73. The quantitative estimate of drug-likeness (QED) is 0.518. The monoisotopic (exact) mass is 261 g/mol. The number of carbonyl (C=O) groups is 1. The first-order valence-electron chi connectivity index (χ1n) is 6.03. The van der Waals surface area contributed by atoms with Gasteiger partial charge in [-0.15, -0.1) is 0 Å². The lowest BCUT2D eigenvalue weighted by molar-refractivity contribution is 0.0520. The van der Waals surface area contributed by atoms with Gasteiger partial charge in [-0.1, -0.05) is 0 Å². The Morgan fingerprint density at radius 3 is 2.68 bits per heavy atom. The molecular weight excluding hydrogens is 246 g/mol. The van der Waals surface area contributed by atoms with E-state index in [0.29, 0.717) is 24.4 Å². The second kappa shape index (κ2) is 5.51. The number of ether oxygens (including phenoxy) is 2. The summed E-state index contributed by atoms with van der Waals surface area (Å²) in [6, 6.07) is 3.46. The van der Waals surface area contributed by atoms with Crippen molar-refractivity contribution in [3.8, 4) is 0 Å². The van der Waals surface area contributed by atoms with Gasteiger partial charge in [-0.3, -0.25) is 5.41 Å². The number of rotatable bonds is 4. The maximum absolute atomic E-state index is 11.6. The van der Waals surface area contributed by atoms with Crippen LogP contribution in [0.25, 0.3) is 5.65 Å². The van der Waals surface area contributed by atoms with Crippen molar-refractivity contribution < 1.29 is 14.3 Å². The molecule has 6 heteroatoms. The zero-order valence-electron chi connectivity index (χ0n) is 10.8. The smallest absolute Gasteiger partial charge is 0.358 e. The van der Waals surface area contributed by atoms with Crippen molar-refractivity contribution in [3.63, 3.8) is 0 Å². The molecule has 0 fully saturated rings. The van der Waals surface area contributed by atoms with Gasteiger partial charge in [-0.2, -0.15) is 0 Å². The van der Waals surface area contributed by atoms with Crippen molar-refractivity contribution in [2.24, 2.45) is 0 Å². The summed E-state index contributed by atoms with van der Waals surface area (Å²) in [5, 5.41) is 7.71. The second-order valence-electron chi connectivity index (χ2n) is 3.79. The van der Waals surface area contributed by atoms with Crippen LogP contribution in [0.15, 0.2) is 24.5 Å². The van der Waals surface area contributed by atoms with Gasteiger partial charge in [0, 0.05) is 12.4 Å². The molecule has 0 radical (unpaired) electrons. The van der Waals surface area contributed by atoms with E-state index in [-0.39, 0.29) is 11.6 Å². The summed E-state index contributed by atoms with van der Waals surface area (Å²) in [6.45, 7) is 4.32. The molecule has 1 N–H and O–H groups in total. The highest BCUT2D eigenvalue weighted by Gasteiger charge is 2.12. The molecule has 0 unspecified atom stereocenters. The van der Waals surface area contributed by atoms with Crippen LogP contribution in [0.5, 0.6) is 0 Å². The van der Waals surface area contributed by atoms with Crippen LogP contribution in [-0.4, -0.2) is 34.5 Å². The maximum atomic E-state index is 11.6. The molecule has 0 aliphatic heterocycles. The van der Waals surface area contributed by atoms with Crippen molar-refractivity contribution in [3.05, 3.63) is 35.8 Å². The molecule has 19 heavy (non-hydrogen) atoms. The highest BCUT2D eigenvalue weighted by Crippen LogP contribution is 2.10. The highest BCUT2D eigenvalue weighted by molar-refractivity contribution is 5.92. The van der Waals surface area contributed by atoms with Crippen molar-refractivity contribution >= 4 is 17.5 Å². The zero-order valence-corrected chi connectivity index (χ0v) is 10.8. The van der Waals surface area contributed by atoms with Crippen LogP contribution in [0.1, 0.15) is 29.9 Å². The van der Waals surface area contributed by atoms with Crippen molar-refractivity contribution in [1.82, 2.24) is 9.38 Å². The second-order valence-corrected chi connectivity index (χ2v) is 3.79. The minimum Gasteiger partial charge on any atom is -0.478 e. The molecule has 0 aliphatic carbocycles. The fraction of sp³-hybridized carbons (Fsp3) is 0.308. The third-order valence-corrected chi connectivity index (χ3v) is 2.49. The molecule has 0 aromatic carbocycles. The van der Waals surface area contributed by atoms with Crippen LogP contribution in [0.2, 0.25) is 0 Å². The van der Waals surface area contributed by atoms with Gasteiger partial charge in [0.05, 0.1) is 18.8 Å². The van der Waals surface area contributed by atoms with E-state index in [4.69, 9.17) is 14.9 Å². The molecule has 2 heterocycles. The van der Waals surface area contributed by atoms with E-state index in [1.54, 1.807) is 35.9 Å². The molecule has 2 rings (SSSR count). The molecule has 0 saturated heterocycles. The van der Waals surface area contributed by atoms with Crippen LogP contribution in [0.4, 0.5) is 0 Å². The summed E-state index contributed by atoms with van der Waals surface area (Å²) < 4.78 is 11.7. The highest BCUT2D eigenvalue weighted by atomic mass is 16.5. The number of nitrogens with zero attached hydrogens (tertiary/aromatic N) is 2. The average molecular weight is 261 g/mol. The van der Waals surface area contributed by atoms with Gasteiger partial charge in [0.2, 0.25) is 5.90 Å². The molecule has 0 amide bonds. The number of imidazole rings is 1. The molecular formula is C13H15N3O3. The molecule has 0 spiro atoms. The minimum absolute atomic E-state index is 0.0933. The van der Waals surface area contributed by atoms with Gasteiger partial charge in [0.1, 0.15) is 5.65 Å². The summed E-state index contributed by atoms with van der Waals surface area (Å²) in [5.74, 6) is -0.358.